The molecule has 7 heteroatoms. The Morgan fingerprint density at radius 3 is 1.59 bits per heavy atom. The van der Waals surface area contributed by atoms with Gasteiger partial charge in [0, 0.05) is 6.54 Å². The molecular weight excluding hydrogens is 479 g/mol. The average molecular weight is 508 g/mol. The first kappa shape index (κ1) is 26.1. The number of phenols is 1. The molecule has 1 atom stereocenters. The Kier molecular flexibility index (Phi) is 7.74. The van der Waals surface area contributed by atoms with Crippen LogP contribution in [0.5, 0.6) is 17.2 Å². The van der Waals surface area contributed by atoms with E-state index in [9.17, 15) is 18.3 Å². The third-order valence-electron chi connectivity index (χ3n) is 6.40. The van der Waals surface area contributed by atoms with Crippen LogP contribution in [-0.4, -0.2) is 11.3 Å². The molecule has 0 aromatic heterocycles. The predicted octanol–water partition coefficient (Wildman–Crippen LogP) is 6.88. The van der Waals surface area contributed by atoms with E-state index in [2.05, 4.69) is 0 Å². The number of aromatic hydroxyl groups is 1. The summed E-state index contributed by atoms with van der Waals surface area (Å²) in [6.07, 6.45) is -4.54. The van der Waals surface area contributed by atoms with E-state index in [1.54, 1.807) is 0 Å². The Morgan fingerprint density at radius 2 is 1.14 bits per heavy atom. The SMILES string of the molecule is CC(c1ccc(O)cc1)(c1ccc(OCc2cccc(COc3ccc(CN)cc3)c2)cc1)C(F)(F)F. The normalized spacial score (nSPS) is 13.1. The summed E-state index contributed by atoms with van der Waals surface area (Å²) in [5.74, 6) is 1.12. The first-order valence-corrected chi connectivity index (χ1v) is 11.8. The maximum absolute atomic E-state index is 14.2. The van der Waals surface area contributed by atoms with Gasteiger partial charge in [-0.15, -0.1) is 0 Å². The Balaban J connectivity index is 1.41. The van der Waals surface area contributed by atoms with Crippen molar-refractivity contribution < 1.29 is 27.8 Å². The first-order chi connectivity index (χ1) is 17.7. The maximum Gasteiger partial charge on any atom is 0.402 e. The summed E-state index contributed by atoms with van der Waals surface area (Å²) < 4.78 is 54.2. The minimum atomic E-state index is -4.54. The van der Waals surface area contributed by atoms with Crippen LogP contribution in [0.3, 0.4) is 0 Å². The third-order valence-corrected chi connectivity index (χ3v) is 6.40. The molecule has 0 radical (unpaired) electrons. The fourth-order valence-electron chi connectivity index (χ4n) is 4.04. The predicted molar refractivity (Wildman–Crippen MR) is 136 cm³/mol. The van der Waals surface area contributed by atoms with Crippen molar-refractivity contribution in [2.24, 2.45) is 5.73 Å². The molecule has 4 rings (SSSR count). The highest BCUT2D eigenvalue weighted by atomic mass is 19.4. The van der Waals surface area contributed by atoms with Crippen molar-refractivity contribution >= 4 is 0 Å². The van der Waals surface area contributed by atoms with E-state index in [1.807, 2.05) is 48.5 Å². The van der Waals surface area contributed by atoms with Gasteiger partial charge < -0.3 is 20.3 Å². The number of nitrogens with two attached hydrogens (primary N) is 1. The lowest BCUT2D eigenvalue weighted by Crippen LogP contribution is -2.40. The van der Waals surface area contributed by atoms with Gasteiger partial charge in [-0.25, -0.2) is 0 Å². The van der Waals surface area contributed by atoms with Crippen molar-refractivity contribution in [3.05, 3.63) is 125 Å². The molecule has 4 nitrogen and oxygen atoms in total. The Labute approximate surface area is 214 Å². The van der Waals surface area contributed by atoms with Gasteiger partial charge in [-0.3, -0.25) is 0 Å². The topological polar surface area (TPSA) is 64.7 Å². The smallest absolute Gasteiger partial charge is 0.402 e. The van der Waals surface area contributed by atoms with E-state index < -0.39 is 11.6 Å². The number of phenolic OH excluding ortho intramolecular Hbond substituents is 1. The largest absolute Gasteiger partial charge is 0.508 e. The Hall–Kier alpha value is -3.97. The molecule has 37 heavy (non-hydrogen) atoms. The molecule has 3 N–H and O–H groups in total. The van der Waals surface area contributed by atoms with Gasteiger partial charge in [-0.1, -0.05) is 54.6 Å². The van der Waals surface area contributed by atoms with Crippen LogP contribution >= 0.6 is 0 Å². The van der Waals surface area contributed by atoms with Gasteiger partial charge in [-0.2, -0.15) is 13.2 Å². The maximum atomic E-state index is 14.2. The zero-order chi connectivity index (χ0) is 26.5. The molecular formula is C30H28F3NO3. The molecule has 0 spiro atoms. The van der Waals surface area contributed by atoms with Crippen LogP contribution in [-0.2, 0) is 25.2 Å². The van der Waals surface area contributed by atoms with Crippen LogP contribution in [0.15, 0.2) is 97.1 Å². The van der Waals surface area contributed by atoms with Crippen LogP contribution in [0.25, 0.3) is 0 Å². The van der Waals surface area contributed by atoms with Crippen molar-refractivity contribution in [1.82, 2.24) is 0 Å². The van der Waals surface area contributed by atoms with Gasteiger partial charge in [0.2, 0.25) is 0 Å². The molecule has 192 valence electrons. The molecule has 4 aromatic carbocycles. The van der Waals surface area contributed by atoms with Gasteiger partial charge in [-0.05, 0) is 77.2 Å². The van der Waals surface area contributed by atoms with Crippen LogP contribution in [0.4, 0.5) is 13.2 Å². The second kappa shape index (κ2) is 11.0. The number of ether oxygens (including phenoxy) is 2. The van der Waals surface area contributed by atoms with E-state index in [0.717, 1.165) is 29.4 Å². The molecule has 0 aliphatic carbocycles. The molecule has 0 amide bonds. The van der Waals surface area contributed by atoms with Crippen LogP contribution in [0.1, 0.15) is 34.7 Å². The summed E-state index contributed by atoms with van der Waals surface area (Å²) in [6.45, 7) is 2.26. The first-order valence-electron chi connectivity index (χ1n) is 11.8. The third kappa shape index (κ3) is 6.06. The molecule has 1 unspecified atom stereocenters. The summed E-state index contributed by atoms with van der Waals surface area (Å²) in [6, 6.07) is 26.4. The number of alkyl halides is 3. The molecule has 0 heterocycles. The highest BCUT2D eigenvalue weighted by Gasteiger charge is 2.53. The molecule has 0 aliphatic rings. The summed E-state index contributed by atoms with van der Waals surface area (Å²) in [5.41, 5.74) is 6.41. The lowest BCUT2D eigenvalue weighted by atomic mass is 9.75. The van der Waals surface area contributed by atoms with Crippen LogP contribution in [0, 0.1) is 0 Å². The highest BCUT2D eigenvalue weighted by Crippen LogP contribution is 2.46. The number of hydrogen-bond acceptors (Lipinski definition) is 4. The van der Waals surface area contributed by atoms with Crippen LogP contribution < -0.4 is 15.2 Å². The van der Waals surface area contributed by atoms with Gasteiger partial charge in [0.05, 0.1) is 0 Å². The second-order valence-electron chi connectivity index (χ2n) is 8.94. The molecule has 0 bridgehead atoms. The highest BCUT2D eigenvalue weighted by molar-refractivity contribution is 5.44. The fourth-order valence-corrected chi connectivity index (χ4v) is 4.04. The van der Waals surface area contributed by atoms with E-state index >= 15 is 0 Å². The molecule has 0 fully saturated rings. The van der Waals surface area contributed by atoms with Gasteiger partial charge in [0.15, 0.2) is 0 Å². The quantitative estimate of drug-likeness (QED) is 0.259. The fraction of sp³-hybridized carbons (Fsp3) is 0.200. The van der Waals surface area contributed by atoms with E-state index in [4.69, 9.17) is 15.2 Å². The van der Waals surface area contributed by atoms with E-state index in [1.165, 1.54) is 48.5 Å². The van der Waals surface area contributed by atoms with Crippen molar-refractivity contribution in [2.75, 3.05) is 0 Å². The van der Waals surface area contributed by atoms with E-state index in [0.29, 0.717) is 18.9 Å². The Bertz CT molecular complexity index is 1300. The molecule has 0 saturated heterocycles. The number of halogens is 3. The van der Waals surface area contributed by atoms with Crippen molar-refractivity contribution in [1.29, 1.82) is 0 Å². The van der Waals surface area contributed by atoms with Gasteiger partial charge in [0.1, 0.15) is 35.9 Å². The van der Waals surface area contributed by atoms with E-state index in [-0.39, 0.29) is 23.5 Å². The number of hydrogen-bond donors (Lipinski definition) is 2. The monoisotopic (exact) mass is 507 g/mol. The molecule has 0 saturated carbocycles. The number of benzene rings is 4. The van der Waals surface area contributed by atoms with Crippen molar-refractivity contribution in [2.45, 2.75) is 38.3 Å². The lowest BCUT2D eigenvalue weighted by Gasteiger charge is -2.33. The standard InChI is InChI=1S/C30H28F3NO3/c1-29(30(31,32)33,24-7-11-26(35)12-8-24)25-9-15-28(16-10-25)37-20-23-4-2-3-22(17-23)19-36-27-13-5-21(18-34)6-14-27/h2-17,35H,18-20,34H2,1H3. The summed E-state index contributed by atoms with van der Waals surface area (Å²) >= 11 is 0. The summed E-state index contributed by atoms with van der Waals surface area (Å²) in [5, 5.41) is 9.49. The Morgan fingerprint density at radius 1 is 0.676 bits per heavy atom. The minimum absolute atomic E-state index is 0.0424. The molecule has 4 aromatic rings. The van der Waals surface area contributed by atoms with Crippen molar-refractivity contribution in [3.8, 4) is 17.2 Å². The van der Waals surface area contributed by atoms with Crippen molar-refractivity contribution in [3.63, 3.8) is 0 Å². The number of rotatable bonds is 9. The summed E-state index contributed by atoms with van der Waals surface area (Å²) in [7, 11) is 0. The summed E-state index contributed by atoms with van der Waals surface area (Å²) in [4.78, 5) is 0. The van der Waals surface area contributed by atoms with Gasteiger partial charge >= 0.3 is 6.18 Å². The second-order valence-corrected chi connectivity index (χ2v) is 8.94. The average Bonchev–Trinajstić information content (AvgIpc) is 2.91. The molecule has 0 aliphatic heterocycles. The zero-order valence-electron chi connectivity index (χ0n) is 20.3. The minimum Gasteiger partial charge on any atom is -0.508 e. The lowest BCUT2D eigenvalue weighted by molar-refractivity contribution is -0.173. The van der Waals surface area contributed by atoms with Crippen LogP contribution in [0.2, 0.25) is 0 Å². The zero-order valence-corrected chi connectivity index (χ0v) is 20.3. The van der Waals surface area contributed by atoms with Gasteiger partial charge in [0.25, 0.3) is 0 Å².